The van der Waals surface area contributed by atoms with Crippen LogP contribution in [0.1, 0.15) is 25.7 Å². The van der Waals surface area contributed by atoms with Gasteiger partial charge in [-0.15, -0.1) is 0 Å². The molecule has 2 unspecified atom stereocenters. The lowest BCUT2D eigenvalue weighted by Gasteiger charge is -2.13. The number of primary amides is 1. The highest BCUT2D eigenvalue weighted by Gasteiger charge is 2.56. The highest BCUT2D eigenvalue weighted by molar-refractivity contribution is 5.90. The number of nitrogens with two attached hydrogens (primary N) is 1. The van der Waals surface area contributed by atoms with Crippen molar-refractivity contribution in [2.24, 2.45) is 23.5 Å². The third kappa shape index (κ3) is 2.40. The Bertz CT molecular complexity index is 358. The highest BCUT2D eigenvalue weighted by Crippen LogP contribution is 2.57. The van der Waals surface area contributed by atoms with Crippen molar-refractivity contribution in [3.63, 3.8) is 0 Å². The number of carboxylic acids is 1. The van der Waals surface area contributed by atoms with Crippen LogP contribution in [-0.4, -0.2) is 28.9 Å². The molecule has 0 heterocycles. The first-order chi connectivity index (χ1) is 8.00. The summed E-state index contributed by atoms with van der Waals surface area (Å²) in [6, 6.07) is -1.19. The Morgan fingerprint density at radius 2 is 1.88 bits per heavy atom. The minimum absolute atomic E-state index is 0.0431. The Labute approximate surface area is 98.5 Å². The van der Waals surface area contributed by atoms with Crippen molar-refractivity contribution in [2.75, 3.05) is 0 Å². The first kappa shape index (κ1) is 11.9. The number of nitrogens with one attached hydrogen (secondary N) is 1. The van der Waals surface area contributed by atoms with Crippen LogP contribution in [0, 0.1) is 17.8 Å². The smallest absolute Gasteiger partial charge is 0.326 e. The monoisotopic (exact) mass is 240 g/mol. The standard InChI is InChI=1S/C11H16N2O4/c12-8(14)4-7(11(16)17)13-10(15)9-5-2-1-3-6(5)9/h5-7,9H,1-4H2,(H2,12,14)(H,13,15)(H,16,17)/t5?,6?,7-,9?/m0/s1. The largest absolute Gasteiger partial charge is 0.480 e. The van der Waals surface area contributed by atoms with E-state index in [-0.39, 0.29) is 18.2 Å². The Balaban J connectivity index is 1.88. The Morgan fingerprint density at radius 1 is 1.29 bits per heavy atom. The summed E-state index contributed by atoms with van der Waals surface area (Å²) in [5.74, 6) is -1.38. The number of rotatable bonds is 5. The van der Waals surface area contributed by atoms with E-state index in [1.54, 1.807) is 0 Å². The molecular formula is C11H16N2O4. The molecule has 6 heteroatoms. The van der Waals surface area contributed by atoms with Crippen molar-refractivity contribution in [2.45, 2.75) is 31.7 Å². The van der Waals surface area contributed by atoms with E-state index in [0.717, 1.165) is 19.3 Å². The molecule has 2 aliphatic carbocycles. The second-order valence-electron chi connectivity index (χ2n) is 4.85. The summed E-state index contributed by atoms with van der Waals surface area (Å²) in [6.45, 7) is 0. The fourth-order valence-electron chi connectivity index (χ4n) is 2.88. The van der Waals surface area contributed by atoms with Crippen LogP contribution in [0.2, 0.25) is 0 Å². The molecule has 0 aromatic rings. The lowest BCUT2D eigenvalue weighted by Crippen LogP contribution is -2.44. The number of carbonyl (C=O) groups excluding carboxylic acids is 2. The van der Waals surface area contributed by atoms with Crippen LogP contribution in [0.3, 0.4) is 0 Å². The van der Waals surface area contributed by atoms with Gasteiger partial charge in [0, 0.05) is 5.92 Å². The van der Waals surface area contributed by atoms with Gasteiger partial charge in [0.1, 0.15) is 6.04 Å². The van der Waals surface area contributed by atoms with E-state index >= 15 is 0 Å². The minimum Gasteiger partial charge on any atom is -0.480 e. The van der Waals surface area contributed by atoms with Crippen molar-refractivity contribution in [3.8, 4) is 0 Å². The summed E-state index contributed by atoms with van der Waals surface area (Å²) in [4.78, 5) is 33.3. The van der Waals surface area contributed by atoms with Crippen molar-refractivity contribution in [3.05, 3.63) is 0 Å². The predicted octanol–water partition coefficient (Wildman–Crippen LogP) is -0.523. The van der Waals surface area contributed by atoms with Crippen LogP contribution < -0.4 is 11.1 Å². The molecule has 2 fully saturated rings. The molecule has 17 heavy (non-hydrogen) atoms. The summed E-state index contributed by atoms with van der Waals surface area (Å²) < 4.78 is 0. The Morgan fingerprint density at radius 3 is 2.35 bits per heavy atom. The van der Waals surface area contributed by atoms with Crippen molar-refractivity contribution in [1.29, 1.82) is 0 Å². The van der Waals surface area contributed by atoms with E-state index in [9.17, 15) is 14.4 Å². The van der Waals surface area contributed by atoms with Gasteiger partial charge in [0.2, 0.25) is 11.8 Å². The number of carbonyl (C=O) groups is 3. The molecule has 0 saturated heterocycles. The molecule has 6 nitrogen and oxygen atoms in total. The van der Waals surface area contributed by atoms with Crippen LogP contribution in [0.5, 0.6) is 0 Å². The molecule has 3 atom stereocenters. The van der Waals surface area contributed by atoms with Gasteiger partial charge >= 0.3 is 5.97 Å². The third-order valence-corrected chi connectivity index (χ3v) is 3.73. The molecule has 4 N–H and O–H groups in total. The maximum absolute atomic E-state index is 11.8. The molecular weight excluding hydrogens is 224 g/mol. The predicted molar refractivity (Wildman–Crippen MR) is 57.7 cm³/mol. The summed E-state index contributed by atoms with van der Waals surface area (Å²) in [5.41, 5.74) is 4.94. The topological polar surface area (TPSA) is 109 Å². The van der Waals surface area contributed by atoms with Crippen molar-refractivity contribution < 1.29 is 19.5 Å². The molecule has 0 bridgehead atoms. The van der Waals surface area contributed by atoms with Crippen LogP contribution >= 0.6 is 0 Å². The molecule has 2 saturated carbocycles. The van der Waals surface area contributed by atoms with Crippen LogP contribution in [-0.2, 0) is 14.4 Å². The van der Waals surface area contributed by atoms with Crippen LogP contribution in [0.4, 0.5) is 0 Å². The number of hydrogen-bond donors (Lipinski definition) is 3. The molecule has 0 spiro atoms. The van der Waals surface area contributed by atoms with Gasteiger partial charge in [-0.3, -0.25) is 9.59 Å². The highest BCUT2D eigenvalue weighted by atomic mass is 16.4. The molecule has 2 aliphatic rings. The summed E-state index contributed by atoms with van der Waals surface area (Å²) in [6.07, 6.45) is 2.90. The molecule has 2 amide bonds. The normalized spacial score (nSPS) is 31.4. The summed E-state index contributed by atoms with van der Waals surface area (Å²) >= 11 is 0. The number of fused-ring (bicyclic) bond motifs is 1. The number of hydrogen-bond acceptors (Lipinski definition) is 3. The first-order valence-corrected chi connectivity index (χ1v) is 5.82. The van der Waals surface area contributed by atoms with Crippen LogP contribution in [0.15, 0.2) is 0 Å². The third-order valence-electron chi connectivity index (χ3n) is 3.73. The maximum atomic E-state index is 11.8. The van der Waals surface area contributed by atoms with E-state index < -0.39 is 17.9 Å². The molecule has 0 radical (unpaired) electrons. The van der Waals surface area contributed by atoms with E-state index in [1.165, 1.54) is 0 Å². The van der Waals surface area contributed by atoms with Gasteiger partial charge in [0.25, 0.3) is 0 Å². The van der Waals surface area contributed by atoms with Gasteiger partial charge in [0.05, 0.1) is 6.42 Å². The zero-order valence-corrected chi connectivity index (χ0v) is 9.39. The van der Waals surface area contributed by atoms with Gasteiger partial charge in [-0.05, 0) is 24.7 Å². The van der Waals surface area contributed by atoms with Crippen molar-refractivity contribution in [1.82, 2.24) is 5.32 Å². The van der Waals surface area contributed by atoms with E-state index in [4.69, 9.17) is 10.8 Å². The van der Waals surface area contributed by atoms with Gasteiger partial charge in [0.15, 0.2) is 0 Å². The van der Waals surface area contributed by atoms with E-state index in [1.807, 2.05) is 0 Å². The number of amides is 2. The van der Waals surface area contributed by atoms with E-state index in [2.05, 4.69) is 5.32 Å². The van der Waals surface area contributed by atoms with Crippen molar-refractivity contribution >= 4 is 17.8 Å². The lowest BCUT2D eigenvalue weighted by molar-refractivity contribution is -0.143. The number of aliphatic carboxylic acids is 1. The van der Waals surface area contributed by atoms with Gasteiger partial charge in [-0.25, -0.2) is 4.79 Å². The van der Waals surface area contributed by atoms with Gasteiger partial charge < -0.3 is 16.2 Å². The second-order valence-corrected chi connectivity index (χ2v) is 4.85. The SMILES string of the molecule is NC(=O)C[C@H](NC(=O)C1C2CCCC21)C(=O)O. The summed E-state index contributed by atoms with van der Waals surface area (Å²) in [5, 5.41) is 11.3. The molecule has 0 aromatic carbocycles. The Hall–Kier alpha value is -1.59. The fraction of sp³-hybridized carbons (Fsp3) is 0.727. The fourth-order valence-corrected chi connectivity index (χ4v) is 2.88. The average Bonchev–Trinajstić information content (AvgIpc) is 2.71. The zero-order chi connectivity index (χ0) is 12.6. The minimum atomic E-state index is -1.22. The lowest BCUT2D eigenvalue weighted by atomic mass is 10.1. The molecule has 94 valence electrons. The molecule has 0 aliphatic heterocycles. The van der Waals surface area contributed by atoms with Gasteiger partial charge in [-0.1, -0.05) is 6.42 Å². The number of carboxylic acid groups (broad SMARTS) is 1. The van der Waals surface area contributed by atoms with Gasteiger partial charge in [-0.2, -0.15) is 0 Å². The molecule has 0 aromatic heterocycles. The first-order valence-electron chi connectivity index (χ1n) is 5.82. The Kier molecular flexibility index (Phi) is 3.04. The summed E-state index contributed by atoms with van der Waals surface area (Å²) in [7, 11) is 0. The second kappa shape index (κ2) is 4.35. The van der Waals surface area contributed by atoms with Crippen LogP contribution in [0.25, 0.3) is 0 Å². The molecule has 2 rings (SSSR count). The quantitative estimate of drug-likeness (QED) is 0.600. The zero-order valence-electron chi connectivity index (χ0n) is 9.39. The average molecular weight is 240 g/mol. The maximum Gasteiger partial charge on any atom is 0.326 e. The van der Waals surface area contributed by atoms with E-state index in [0.29, 0.717) is 11.8 Å².